The molecule has 33 heteroatoms. The zero-order chi connectivity index (χ0) is 51.6. The molecule has 369 valence electrons. The van der Waals surface area contributed by atoms with E-state index in [9.17, 15) is 73.0 Å². The number of halogens is 14. The minimum absolute atomic E-state index is 0. The molecule has 0 fully saturated rings. The second-order valence-corrected chi connectivity index (χ2v) is 15.5. The van der Waals surface area contributed by atoms with Crippen molar-refractivity contribution < 1.29 is 127 Å². The summed E-state index contributed by atoms with van der Waals surface area (Å²) in [7, 11) is 0. The second kappa shape index (κ2) is 29.2. The van der Waals surface area contributed by atoms with Crippen LogP contribution in [0.4, 0.5) is 43.9 Å². The molecule has 6 aromatic rings. The van der Waals surface area contributed by atoms with Gasteiger partial charge in [0.15, 0.2) is 17.1 Å². The number of carbonyl (C=O) groups excluding carboxylic acids is 2. The van der Waals surface area contributed by atoms with Crippen molar-refractivity contribution in [3.05, 3.63) is 97.2 Å². The molecule has 0 bridgehead atoms. The van der Waals surface area contributed by atoms with E-state index in [1.807, 2.05) is 0 Å². The van der Waals surface area contributed by atoms with Crippen molar-refractivity contribution in [2.24, 2.45) is 0 Å². The van der Waals surface area contributed by atoms with Crippen molar-refractivity contribution in [3.63, 3.8) is 0 Å². The number of aromatic amines is 1. The average Bonchev–Trinajstić information content (AvgIpc) is 3.84. The molecule has 68 heavy (non-hydrogen) atoms. The SMILES string of the molecule is CC(=O)CCl.CC(=O)Cn1c(C)cn2c(=O)c(Br)c(C(F)(F)F)nc12.CO.Cc1cn2c(=O)c(Br)c(C(F)(F)F)nc2[nH]1.Cc1cn2c(=O)c(Br)c(C(F)(F)F)nc2n1CC(C)O.[2H]CF.[B].[H-].[H-].[Na+].[Na+]. The summed E-state index contributed by atoms with van der Waals surface area (Å²) in [5, 5.41) is 16.4. The van der Waals surface area contributed by atoms with Crippen molar-refractivity contribution in [1.29, 1.82) is 0 Å². The van der Waals surface area contributed by atoms with Crippen molar-refractivity contribution in [3.8, 4) is 0 Å². The molecule has 0 saturated heterocycles. The summed E-state index contributed by atoms with van der Waals surface area (Å²) in [5.74, 6) is -0.580. The van der Waals surface area contributed by atoms with Gasteiger partial charge in [-0.05, 0) is 89.3 Å². The molecular formula is C35H39BBr3ClF10N9Na2O7. The fraction of sp³-hybridized carbons (Fsp3) is 0.429. The molecule has 0 amide bonds. The number of hydrogen-bond acceptors (Lipinski definition) is 10. The van der Waals surface area contributed by atoms with Gasteiger partial charge in [0.2, 0.25) is 17.3 Å². The predicted molar refractivity (Wildman–Crippen MR) is 234 cm³/mol. The van der Waals surface area contributed by atoms with Gasteiger partial charge in [-0.2, -0.15) is 39.5 Å². The summed E-state index contributed by atoms with van der Waals surface area (Å²) >= 11 is 12.9. The number of nitrogens with zero attached hydrogens (tertiary/aromatic N) is 8. The molecule has 3 radical (unpaired) electrons. The largest absolute Gasteiger partial charge is 1.00 e. The molecular weight excluding hydrogens is 1180 g/mol. The van der Waals surface area contributed by atoms with Gasteiger partial charge in [-0.1, -0.05) is 0 Å². The van der Waals surface area contributed by atoms with Crippen LogP contribution in [0.1, 0.15) is 59.2 Å². The van der Waals surface area contributed by atoms with Crippen molar-refractivity contribution in [2.45, 2.75) is 79.3 Å². The van der Waals surface area contributed by atoms with E-state index < -0.39 is 79.0 Å². The molecule has 0 aliphatic carbocycles. The molecule has 0 aliphatic heterocycles. The number of nitrogens with one attached hydrogen (secondary N) is 1. The van der Waals surface area contributed by atoms with Gasteiger partial charge in [0.1, 0.15) is 25.0 Å². The third-order valence-electron chi connectivity index (χ3n) is 7.56. The van der Waals surface area contributed by atoms with Crippen LogP contribution in [0.25, 0.3) is 17.3 Å². The first kappa shape index (κ1) is 67.7. The summed E-state index contributed by atoms with van der Waals surface area (Å²) in [5.41, 5.74) is -4.74. The first-order valence-electron chi connectivity index (χ1n) is 18.0. The summed E-state index contributed by atoms with van der Waals surface area (Å²) in [6.07, 6.45) is -10.8. The third-order valence-corrected chi connectivity index (χ3v) is 10.1. The van der Waals surface area contributed by atoms with Crippen LogP contribution in [0.15, 0.2) is 46.4 Å². The van der Waals surface area contributed by atoms with Gasteiger partial charge in [0.25, 0.3) is 16.7 Å². The molecule has 6 aromatic heterocycles. The van der Waals surface area contributed by atoms with E-state index in [0.29, 0.717) is 17.1 Å². The number of aliphatic hydroxyl groups is 2. The topological polar surface area (TPSA) is 203 Å². The Hall–Kier alpha value is -2.39. The maximum Gasteiger partial charge on any atom is 1.00 e. The van der Waals surface area contributed by atoms with Crippen LogP contribution in [-0.2, 0) is 41.2 Å². The quantitative estimate of drug-likeness (QED) is 0.128. The average molecular weight is 1220 g/mol. The van der Waals surface area contributed by atoms with Crippen molar-refractivity contribution in [1.82, 2.24) is 42.3 Å². The smallest absolute Gasteiger partial charge is 1.00 e. The van der Waals surface area contributed by atoms with E-state index >= 15 is 0 Å². The number of ketones is 2. The standard InChI is InChI=1S/C11H11BrF3N3O2.C11H9BrF3N3O2.C8H5BrF3N3O.C3H5ClO.CH3F.CH4O.B.2Na.2H/c2*1-5-3-18-9(20)7(12)8(11(13,14)15)16-10(18)17(5)4-6(2)19;1-3-2-15-6(16)4(9)5(8(10,11)12)14-7(15)13-3;1-3(5)2-4;2*1-2;;;;;/h3,6,19H,4H2,1-2H3;3H,4H2,1-2H3;2H,1H3,(H,13,14);2H2,1H3;1H3;2H,1H3;;;;;/q;;;;;;;2*+1;2*-1/i;;;;1D;;;;;;. The molecule has 0 aliphatic rings. The van der Waals surface area contributed by atoms with Crippen LogP contribution < -0.4 is 75.8 Å². The van der Waals surface area contributed by atoms with E-state index in [2.05, 4.69) is 67.7 Å². The van der Waals surface area contributed by atoms with Gasteiger partial charge in [-0.3, -0.25) is 41.6 Å². The summed E-state index contributed by atoms with van der Waals surface area (Å²) in [6.45, 7) is 8.98. The first-order valence-corrected chi connectivity index (χ1v) is 20.2. The van der Waals surface area contributed by atoms with Gasteiger partial charge in [-0.15, -0.1) is 11.6 Å². The van der Waals surface area contributed by atoms with E-state index in [1.54, 1.807) is 20.8 Å². The molecule has 1 unspecified atom stereocenters. The van der Waals surface area contributed by atoms with E-state index in [1.165, 1.54) is 48.5 Å². The van der Waals surface area contributed by atoms with Gasteiger partial charge in [0, 0.05) is 51.2 Å². The number of aliphatic hydroxyl groups excluding tert-OH is 2. The Balaban J connectivity index is -0.000000272. The van der Waals surface area contributed by atoms with E-state index in [-0.39, 0.29) is 118 Å². The molecule has 16 nitrogen and oxygen atoms in total. The summed E-state index contributed by atoms with van der Waals surface area (Å²) < 4.78 is 134. The Morgan fingerprint density at radius 2 is 1.06 bits per heavy atom. The number of Topliss-reactive ketones (excluding diaryl/α,β-unsaturated/α-hetero) is 2. The van der Waals surface area contributed by atoms with Crippen LogP contribution in [-0.4, -0.2) is 98.7 Å². The zero-order valence-corrected chi connectivity index (χ0v) is 46.5. The van der Waals surface area contributed by atoms with Gasteiger partial charge in [0.05, 0.1) is 33.6 Å². The number of aromatic nitrogens is 9. The van der Waals surface area contributed by atoms with Gasteiger partial charge >= 0.3 is 77.6 Å². The number of alkyl halides is 11. The molecule has 0 saturated carbocycles. The number of carbonyl (C=O) groups is 2. The monoisotopic (exact) mass is 1220 g/mol. The van der Waals surface area contributed by atoms with Crippen LogP contribution in [0.5, 0.6) is 0 Å². The number of fused-ring (bicyclic) bond motifs is 3. The number of hydrogen-bond donors (Lipinski definition) is 3. The Morgan fingerprint density at radius 1 is 0.735 bits per heavy atom. The normalized spacial score (nSPS) is 11.5. The van der Waals surface area contributed by atoms with Gasteiger partial charge < -0.3 is 27.2 Å². The number of rotatable bonds is 5. The molecule has 6 heterocycles. The number of imidazole rings is 3. The number of H-pyrrole nitrogens is 1. The van der Waals surface area contributed by atoms with Crippen LogP contribution in [0.3, 0.4) is 0 Å². The van der Waals surface area contributed by atoms with Crippen molar-refractivity contribution in [2.75, 3.05) is 20.1 Å². The molecule has 1 atom stereocenters. The maximum absolute atomic E-state index is 12.9. The van der Waals surface area contributed by atoms with Crippen LogP contribution >= 0.6 is 59.4 Å². The van der Waals surface area contributed by atoms with Crippen molar-refractivity contribution >= 4 is 96.7 Å². The Bertz CT molecular complexity index is 2870. The minimum atomic E-state index is -4.76. The predicted octanol–water partition coefficient (Wildman–Crippen LogP) is 1.11. The molecule has 0 spiro atoms. The Labute approximate surface area is 458 Å². The fourth-order valence-electron chi connectivity index (χ4n) is 5.04. The number of aryl methyl sites for hydroxylation is 3. The first-order chi connectivity index (χ1) is 30.2. The molecule has 6 rings (SSSR count). The van der Waals surface area contributed by atoms with E-state index in [4.69, 9.17) is 18.1 Å². The molecule has 0 aromatic carbocycles. The minimum Gasteiger partial charge on any atom is -1.00 e. The second-order valence-electron chi connectivity index (χ2n) is 12.8. The zero-order valence-electron chi connectivity index (χ0n) is 40.0. The fourth-order valence-corrected chi connectivity index (χ4v) is 6.55. The Kier molecular flexibility index (Phi) is 29.1. The summed E-state index contributed by atoms with van der Waals surface area (Å²) in [4.78, 5) is 69.2. The van der Waals surface area contributed by atoms with E-state index in [0.717, 1.165) is 20.3 Å². The Morgan fingerprint density at radius 3 is 1.38 bits per heavy atom. The van der Waals surface area contributed by atoms with Crippen LogP contribution in [0, 0.1) is 20.8 Å². The maximum atomic E-state index is 12.9. The molecule has 3 N–H and O–H groups in total. The van der Waals surface area contributed by atoms with Gasteiger partial charge in [-0.25, -0.2) is 15.0 Å². The third kappa shape index (κ3) is 18.0. The van der Waals surface area contributed by atoms with Crippen LogP contribution in [0.2, 0.25) is 0 Å². The summed E-state index contributed by atoms with van der Waals surface area (Å²) in [6, 6.07) is 0.